The third-order valence-electron chi connectivity index (χ3n) is 4.46. The standard InChI is InChI=1S/C9H7.C9H13.C4H10.Ti/c1-2-5-9-7-3-6-8(9)4-1;1-2-3-6-9-7-4-5-8-9;1-3-4-2;/h1-7H;4,7H,2-3,5-6H2,1H3;3-4H2,1-2H3;. The van der Waals surface area contributed by atoms with E-state index >= 15 is 0 Å². The van der Waals surface area contributed by atoms with Gasteiger partial charge < -0.3 is 0 Å². The van der Waals surface area contributed by atoms with Crippen LogP contribution in [0.2, 0.25) is 0 Å². The van der Waals surface area contributed by atoms with E-state index in [1.54, 1.807) is 15.0 Å². The summed E-state index contributed by atoms with van der Waals surface area (Å²) in [7, 11) is 0. The molecule has 1 aromatic rings. The molecular formula is C22H30Ti. The molecule has 0 aromatic heterocycles. The monoisotopic (exact) mass is 342 g/mol. The molecule has 0 spiro atoms. The van der Waals surface area contributed by atoms with Gasteiger partial charge in [0.25, 0.3) is 0 Å². The van der Waals surface area contributed by atoms with Crippen molar-refractivity contribution < 1.29 is 19.2 Å². The van der Waals surface area contributed by atoms with Crippen molar-refractivity contribution in [1.29, 1.82) is 0 Å². The summed E-state index contributed by atoms with van der Waals surface area (Å²) >= 11 is -0.0498. The van der Waals surface area contributed by atoms with Gasteiger partial charge in [0.1, 0.15) is 0 Å². The molecular weight excluding hydrogens is 312 g/mol. The molecule has 0 N–H and O–H groups in total. The van der Waals surface area contributed by atoms with Gasteiger partial charge in [0.05, 0.1) is 0 Å². The molecule has 0 bridgehead atoms. The summed E-state index contributed by atoms with van der Waals surface area (Å²) in [5, 5.41) is 0. The second-order valence-electron chi connectivity index (χ2n) is 6.32. The maximum absolute atomic E-state index is 2.44. The molecule has 0 saturated heterocycles. The predicted octanol–water partition coefficient (Wildman–Crippen LogP) is 7.05. The Balaban J connectivity index is 0.000000433. The van der Waals surface area contributed by atoms with E-state index in [4.69, 9.17) is 0 Å². The first-order chi connectivity index (χ1) is 11.3. The van der Waals surface area contributed by atoms with Gasteiger partial charge >= 0.3 is 125 Å². The fourth-order valence-corrected chi connectivity index (χ4v) is 5.39. The van der Waals surface area contributed by atoms with Crippen LogP contribution in [0.3, 0.4) is 0 Å². The number of hydrogen-bond donors (Lipinski definition) is 0. The molecule has 0 radical (unpaired) electrons. The normalized spacial score (nSPS) is 18.0. The summed E-state index contributed by atoms with van der Waals surface area (Å²) < 4.78 is 2.52. The van der Waals surface area contributed by atoms with Gasteiger partial charge in [-0.1, -0.05) is 26.7 Å². The first-order valence-electron chi connectivity index (χ1n) is 9.22. The summed E-state index contributed by atoms with van der Waals surface area (Å²) in [5.41, 5.74) is 4.68. The van der Waals surface area contributed by atoms with Crippen LogP contribution in [-0.2, 0) is 19.2 Å². The summed E-state index contributed by atoms with van der Waals surface area (Å²) in [4.78, 5) is 0. The average Bonchev–Trinajstić information content (AvgIpc) is 3.21. The van der Waals surface area contributed by atoms with E-state index < -0.39 is 0 Å². The van der Waals surface area contributed by atoms with Gasteiger partial charge in [-0.3, -0.25) is 0 Å². The van der Waals surface area contributed by atoms with E-state index in [9.17, 15) is 0 Å². The van der Waals surface area contributed by atoms with E-state index in [0.29, 0.717) is 0 Å². The van der Waals surface area contributed by atoms with Crippen molar-refractivity contribution in [2.45, 2.75) is 63.5 Å². The quantitative estimate of drug-likeness (QED) is 0.486. The van der Waals surface area contributed by atoms with E-state index in [-0.39, 0.29) is 19.2 Å². The number of unbranched alkanes of at least 4 members (excludes halogenated alkanes) is 2. The van der Waals surface area contributed by atoms with Crippen LogP contribution in [0.15, 0.2) is 51.9 Å². The molecule has 1 aromatic carbocycles. The minimum absolute atomic E-state index is 0.0498. The SMILES string of the molecule is CCCC.CCCCC1=[C]([Ti][CH]2C=Cc3ccccc32)CC=C1. The van der Waals surface area contributed by atoms with Crippen LogP contribution < -0.4 is 0 Å². The Hall–Kier alpha value is -0.846. The van der Waals surface area contributed by atoms with E-state index in [1.807, 2.05) is 0 Å². The topological polar surface area (TPSA) is 0 Å². The Kier molecular flexibility index (Phi) is 8.13. The van der Waals surface area contributed by atoms with Crippen molar-refractivity contribution in [1.82, 2.24) is 0 Å². The maximum atomic E-state index is 2.44. The van der Waals surface area contributed by atoms with Crippen molar-refractivity contribution in [2.75, 3.05) is 0 Å². The molecule has 0 saturated carbocycles. The van der Waals surface area contributed by atoms with Crippen molar-refractivity contribution in [2.24, 2.45) is 0 Å². The van der Waals surface area contributed by atoms with Gasteiger partial charge in [0.15, 0.2) is 0 Å². The van der Waals surface area contributed by atoms with E-state index in [2.05, 4.69) is 69.3 Å². The fraction of sp³-hybridized carbons (Fsp3) is 0.455. The van der Waals surface area contributed by atoms with Crippen LogP contribution in [0.4, 0.5) is 0 Å². The van der Waals surface area contributed by atoms with Crippen LogP contribution in [0.25, 0.3) is 6.08 Å². The third kappa shape index (κ3) is 5.33. The van der Waals surface area contributed by atoms with Crippen molar-refractivity contribution >= 4 is 6.08 Å². The summed E-state index contributed by atoms with van der Waals surface area (Å²) in [5.74, 6) is 0. The molecule has 0 amide bonds. The second kappa shape index (κ2) is 10.1. The molecule has 1 heteroatoms. The molecule has 1 atom stereocenters. The number of benzene rings is 1. The molecule has 0 nitrogen and oxygen atoms in total. The Morgan fingerprint density at radius 1 is 1.00 bits per heavy atom. The Bertz CT molecular complexity index is 575. The molecule has 2 aliphatic rings. The Labute approximate surface area is 151 Å². The van der Waals surface area contributed by atoms with Crippen molar-refractivity contribution in [3.8, 4) is 0 Å². The number of rotatable bonds is 6. The Morgan fingerprint density at radius 2 is 1.78 bits per heavy atom. The van der Waals surface area contributed by atoms with Crippen molar-refractivity contribution in [3.05, 3.63) is 63.1 Å². The second-order valence-corrected chi connectivity index (χ2v) is 8.69. The molecule has 0 aliphatic heterocycles. The zero-order valence-corrected chi connectivity index (χ0v) is 16.5. The molecule has 122 valence electrons. The summed E-state index contributed by atoms with van der Waals surface area (Å²) in [6, 6.07) is 8.90. The van der Waals surface area contributed by atoms with Crippen molar-refractivity contribution in [3.63, 3.8) is 0 Å². The van der Waals surface area contributed by atoms with Crippen LogP contribution >= 0.6 is 0 Å². The zero-order valence-electron chi connectivity index (χ0n) is 14.9. The number of fused-ring (bicyclic) bond motifs is 1. The molecule has 0 heterocycles. The number of allylic oxidation sites excluding steroid dienone is 5. The van der Waals surface area contributed by atoms with Crippen LogP contribution in [0, 0.1) is 0 Å². The molecule has 0 fully saturated rings. The fourth-order valence-electron chi connectivity index (χ4n) is 2.87. The van der Waals surface area contributed by atoms with E-state index in [0.717, 1.165) is 4.22 Å². The average molecular weight is 342 g/mol. The first-order valence-corrected chi connectivity index (χ1v) is 10.9. The Morgan fingerprint density at radius 3 is 2.52 bits per heavy atom. The van der Waals surface area contributed by atoms with Gasteiger partial charge in [-0.05, 0) is 0 Å². The molecule has 23 heavy (non-hydrogen) atoms. The van der Waals surface area contributed by atoms with Gasteiger partial charge in [0, 0.05) is 0 Å². The van der Waals surface area contributed by atoms with Crippen LogP contribution in [-0.4, -0.2) is 0 Å². The van der Waals surface area contributed by atoms with Gasteiger partial charge in [-0.2, -0.15) is 0 Å². The predicted molar refractivity (Wildman–Crippen MR) is 99.1 cm³/mol. The van der Waals surface area contributed by atoms with E-state index in [1.165, 1.54) is 44.1 Å². The molecule has 2 aliphatic carbocycles. The first kappa shape index (κ1) is 18.5. The van der Waals surface area contributed by atoms with Gasteiger partial charge in [-0.25, -0.2) is 0 Å². The minimum atomic E-state index is -0.0498. The van der Waals surface area contributed by atoms with Crippen LogP contribution in [0.5, 0.6) is 0 Å². The summed E-state index contributed by atoms with van der Waals surface area (Å²) in [6.07, 6.45) is 17.3. The molecule has 1 unspecified atom stereocenters. The number of hydrogen-bond acceptors (Lipinski definition) is 0. The van der Waals surface area contributed by atoms with Gasteiger partial charge in [-0.15, -0.1) is 0 Å². The zero-order chi connectivity index (χ0) is 16.5. The van der Waals surface area contributed by atoms with Crippen LogP contribution in [0.1, 0.15) is 74.6 Å². The van der Waals surface area contributed by atoms with Gasteiger partial charge in [0.2, 0.25) is 0 Å². The third-order valence-corrected chi connectivity index (χ3v) is 7.09. The summed E-state index contributed by atoms with van der Waals surface area (Å²) in [6.45, 7) is 6.64. The molecule has 3 rings (SSSR count).